The summed E-state index contributed by atoms with van der Waals surface area (Å²) in [6.07, 6.45) is 7.10. The van der Waals surface area contributed by atoms with Gasteiger partial charge in [-0.3, -0.25) is 4.68 Å². The molecule has 0 saturated heterocycles. The minimum atomic E-state index is 0.769. The van der Waals surface area contributed by atoms with E-state index in [0.29, 0.717) is 0 Å². The number of aryl methyl sites for hydroxylation is 2. The Morgan fingerprint density at radius 3 is 3.10 bits per heavy atom. The van der Waals surface area contributed by atoms with Crippen LogP contribution in [0.25, 0.3) is 10.2 Å². The van der Waals surface area contributed by atoms with Crippen LogP contribution in [0, 0.1) is 5.92 Å². The highest BCUT2D eigenvalue weighted by Gasteiger charge is 2.23. The van der Waals surface area contributed by atoms with Crippen LogP contribution in [0.1, 0.15) is 23.8 Å². The van der Waals surface area contributed by atoms with Crippen LogP contribution < -0.4 is 5.32 Å². The van der Waals surface area contributed by atoms with Crippen molar-refractivity contribution in [2.24, 2.45) is 13.0 Å². The first kappa shape index (κ1) is 12.8. The fraction of sp³-hybridized carbons (Fsp3) is 0.400. The molecule has 0 aromatic carbocycles. The van der Waals surface area contributed by atoms with Crippen LogP contribution >= 0.6 is 11.3 Å². The van der Waals surface area contributed by atoms with Gasteiger partial charge in [-0.2, -0.15) is 5.10 Å². The zero-order valence-electron chi connectivity index (χ0n) is 12.1. The van der Waals surface area contributed by atoms with Gasteiger partial charge in [0.25, 0.3) is 0 Å². The van der Waals surface area contributed by atoms with Gasteiger partial charge >= 0.3 is 0 Å². The van der Waals surface area contributed by atoms with Crippen LogP contribution in [0.2, 0.25) is 0 Å². The number of rotatable bonds is 2. The molecule has 0 radical (unpaired) electrons. The quantitative estimate of drug-likeness (QED) is 0.789. The van der Waals surface area contributed by atoms with Crippen molar-refractivity contribution in [1.82, 2.24) is 19.7 Å². The molecule has 0 spiro atoms. The Balaban J connectivity index is 1.82. The molecule has 3 aromatic heterocycles. The van der Waals surface area contributed by atoms with Gasteiger partial charge in [-0.05, 0) is 30.7 Å². The summed E-state index contributed by atoms with van der Waals surface area (Å²) in [6.45, 7) is 2.33. The standard InChI is InChI=1S/C15H17N5S/c1-9-3-4-10-11(7-9)21-15-13(10)14(16-8-17-15)18-12-5-6-20(2)19-12/h5-6,8-9H,3-4,7H2,1-2H3,(H,16,17,18,19). The molecule has 1 aliphatic rings. The maximum Gasteiger partial charge on any atom is 0.153 e. The highest BCUT2D eigenvalue weighted by Crippen LogP contribution is 2.40. The van der Waals surface area contributed by atoms with Crippen LogP contribution in [-0.4, -0.2) is 19.7 Å². The molecule has 21 heavy (non-hydrogen) atoms. The second-order valence-electron chi connectivity index (χ2n) is 5.75. The number of aromatic nitrogens is 4. The smallest absolute Gasteiger partial charge is 0.153 e. The van der Waals surface area contributed by atoms with Crippen molar-refractivity contribution in [2.75, 3.05) is 5.32 Å². The van der Waals surface area contributed by atoms with Crippen molar-refractivity contribution in [3.63, 3.8) is 0 Å². The normalized spacial score (nSPS) is 17.9. The van der Waals surface area contributed by atoms with E-state index < -0.39 is 0 Å². The molecule has 1 atom stereocenters. The molecule has 3 heterocycles. The maximum atomic E-state index is 4.46. The molecular weight excluding hydrogens is 282 g/mol. The molecule has 1 aliphatic carbocycles. The summed E-state index contributed by atoms with van der Waals surface area (Å²) >= 11 is 1.82. The predicted octanol–water partition coefficient (Wildman–Crippen LogP) is 3.29. The molecule has 1 unspecified atom stereocenters. The molecule has 0 saturated carbocycles. The van der Waals surface area contributed by atoms with Crippen molar-refractivity contribution in [2.45, 2.75) is 26.2 Å². The van der Waals surface area contributed by atoms with Gasteiger partial charge in [0.05, 0.1) is 5.39 Å². The van der Waals surface area contributed by atoms with Gasteiger partial charge < -0.3 is 5.32 Å². The Labute approximate surface area is 127 Å². The SMILES string of the molecule is CC1CCc2c(sc3ncnc(Nc4ccn(C)n4)c23)C1. The van der Waals surface area contributed by atoms with E-state index in [2.05, 4.69) is 27.3 Å². The Morgan fingerprint density at radius 1 is 1.38 bits per heavy atom. The molecule has 0 fully saturated rings. The second-order valence-corrected chi connectivity index (χ2v) is 6.84. The lowest BCUT2D eigenvalue weighted by Crippen LogP contribution is -2.09. The Kier molecular flexibility index (Phi) is 2.92. The minimum absolute atomic E-state index is 0.769. The number of hydrogen-bond acceptors (Lipinski definition) is 5. The van der Waals surface area contributed by atoms with E-state index in [9.17, 15) is 0 Å². The third kappa shape index (κ3) is 2.19. The summed E-state index contributed by atoms with van der Waals surface area (Å²) in [5, 5.41) is 8.90. The summed E-state index contributed by atoms with van der Waals surface area (Å²) in [5.74, 6) is 2.47. The largest absolute Gasteiger partial charge is 0.323 e. The Bertz CT molecular complexity index is 804. The number of nitrogens with zero attached hydrogens (tertiary/aromatic N) is 4. The first-order chi connectivity index (χ1) is 10.2. The summed E-state index contributed by atoms with van der Waals surface area (Å²) in [6, 6.07) is 1.95. The third-order valence-corrected chi connectivity index (χ3v) is 5.21. The van der Waals surface area contributed by atoms with Crippen molar-refractivity contribution in [3.8, 4) is 0 Å². The highest BCUT2D eigenvalue weighted by molar-refractivity contribution is 7.19. The summed E-state index contributed by atoms with van der Waals surface area (Å²) in [5.41, 5.74) is 1.44. The van der Waals surface area contributed by atoms with Gasteiger partial charge in [-0.1, -0.05) is 6.92 Å². The maximum absolute atomic E-state index is 4.46. The molecule has 0 amide bonds. The summed E-state index contributed by atoms with van der Waals surface area (Å²) in [4.78, 5) is 11.5. The second kappa shape index (κ2) is 4.80. The minimum Gasteiger partial charge on any atom is -0.323 e. The molecule has 4 rings (SSSR count). The molecule has 5 nitrogen and oxygen atoms in total. The third-order valence-electron chi connectivity index (χ3n) is 4.05. The van der Waals surface area contributed by atoms with Gasteiger partial charge in [0.15, 0.2) is 5.82 Å². The van der Waals surface area contributed by atoms with E-state index in [4.69, 9.17) is 0 Å². The number of anilines is 2. The van der Waals surface area contributed by atoms with Crippen molar-refractivity contribution in [3.05, 3.63) is 29.0 Å². The molecule has 1 N–H and O–H groups in total. The molecule has 108 valence electrons. The van der Waals surface area contributed by atoms with E-state index in [0.717, 1.165) is 28.8 Å². The molecule has 0 aliphatic heterocycles. The van der Waals surface area contributed by atoms with Crippen molar-refractivity contribution in [1.29, 1.82) is 0 Å². The van der Waals surface area contributed by atoms with E-state index in [1.165, 1.54) is 28.7 Å². The first-order valence-electron chi connectivity index (χ1n) is 7.22. The number of hydrogen-bond donors (Lipinski definition) is 1. The number of thiophene rings is 1. The van der Waals surface area contributed by atoms with E-state index >= 15 is 0 Å². The van der Waals surface area contributed by atoms with Gasteiger partial charge in [0, 0.05) is 24.2 Å². The van der Waals surface area contributed by atoms with Gasteiger partial charge in [0.2, 0.25) is 0 Å². The average molecular weight is 299 g/mol. The highest BCUT2D eigenvalue weighted by atomic mass is 32.1. The van der Waals surface area contributed by atoms with Crippen LogP contribution in [0.3, 0.4) is 0 Å². The van der Waals surface area contributed by atoms with E-state index in [-0.39, 0.29) is 0 Å². The molecule has 6 heteroatoms. The van der Waals surface area contributed by atoms with Gasteiger partial charge in [-0.25, -0.2) is 9.97 Å². The zero-order chi connectivity index (χ0) is 14.4. The average Bonchev–Trinajstić information content (AvgIpc) is 3.02. The fourth-order valence-electron chi connectivity index (χ4n) is 2.97. The van der Waals surface area contributed by atoms with Crippen LogP contribution in [-0.2, 0) is 19.9 Å². The Hall–Kier alpha value is -1.95. The summed E-state index contributed by atoms with van der Waals surface area (Å²) < 4.78 is 1.78. The van der Waals surface area contributed by atoms with E-state index in [1.807, 2.05) is 30.6 Å². The molecule has 3 aromatic rings. The van der Waals surface area contributed by atoms with Crippen LogP contribution in [0.15, 0.2) is 18.6 Å². The lowest BCUT2D eigenvalue weighted by Gasteiger charge is -2.18. The molecular formula is C15H17N5S. The summed E-state index contributed by atoms with van der Waals surface area (Å²) in [7, 11) is 1.91. The van der Waals surface area contributed by atoms with E-state index in [1.54, 1.807) is 11.0 Å². The first-order valence-corrected chi connectivity index (χ1v) is 8.04. The fourth-order valence-corrected chi connectivity index (χ4v) is 4.32. The molecule has 0 bridgehead atoms. The lowest BCUT2D eigenvalue weighted by molar-refractivity contribution is 0.509. The van der Waals surface area contributed by atoms with Gasteiger partial charge in [0.1, 0.15) is 17.0 Å². The van der Waals surface area contributed by atoms with Crippen LogP contribution in [0.4, 0.5) is 11.6 Å². The predicted molar refractivity (Wildman–Crippen MR) is 85.1 cm³/mol. The van der Waals surface area contributed by atoms with Crippen molar-refractivity contribution < 1.29 is 0 Å². The number of fused-ring (bicyclic) bond motifs is 3. The number of nitrogens with one attached hydrogen (secondary N) is 1. The lowest BCUT2D eigenvalue weighted by atomic mass is 9.89. The van der Waals surface area contributed by atoms with Crippen LogP contribution in [0.5, 0.6) is 0 Å². The topological polar surface area (TPSA) is 55.6 Å². The van der Waals surface area contributed by atoms with Crippen molar-refractivity contribution >= 4 is 33.2 Å². The Morgan fingerprint density at radius 2 is 2.29 bits per heavy atom. The monoisotopic (exact) mass is 299 g/mol. The van der Waals surface area contributed by atoms with Gasteiger partial charge in [-0.15, -0.1) is 11.3 Å². The zero-order valence-corrected chi connectivity index (χ0v) is 12.9.